The summed E-state index contributed by atoms with van der Waals surface area (Å²) in [4.78, 5) is 0. The molecule has 4 heteroatoms. The number of hydrogen-bond acceptors (Lipinski definition) is 0. The van der Waals surface area contributed by atoms with Crippen molar-refractivity contribution in [2.75, 3.05) is 0 Å². The van der Waals surface area contributed by atoms with Crippen LogP contribution < -0.4 is 0 Å². The molecule has 0 saturated carbocycles. The Labute approximate surface area is 41.6 Å². The van der Waals surface area contributed by atoms with Crippen LogP contribution in [0.1, 0.15) is 0 Å². The molecule has 0 aromatic rings. The molecule has 4 heavy (non-hydrogen) atoms. The van der Waals surface area contributed by atoms with E-state index in [4.69, 9.17) is 30.3 Å². The van der Waals surface area contributed by atoms with E-state index >= 15 is 0 Å². The molecule has 0 aliphatic rings. The van der Waals surface area contributed by atoms with Crippen molar-refractivity contribution >= 4 is 41.5 Å². The van der Waals surface area contributed by atoms with Gasteiger partial charge in [-0.3, -0.25) is 0 Å². The maximum absolute atomic E-state index is 4.93. The molecule has 0 rings (SSSR count). The average Bonchev–Trinajstić information content (AvgIpc) is 0.811. The van der Waals surface area contributed by atoms with Gasteiger partial charge in [0.25, 0.3) is 0 Å². The zero-order chi connectivity index (χ0) is 3.58. The first kappa shape index (κ1) is 5.39. The van der Waals surface area contributed by atoms with Gasteiger partial charge in [0.15, 0.2) is 0 Å². The van der Waals surface area contributed by atoms with Crippen molar-refractivity contribution in [2.24, 2.45) is 0 Å². The Hall–Kier alpha value is 1.39. The Balaban J connectivity index is 2.32. The third-order valence-electron chi connectivity index (χ3n) is 0. The Morgan fingerprint density at radius 3 is 1.00 bits per heavy atom. The topological polar surface area (TPSA) is 0 Å². The molecule has 0 amide bonds. The van der Waals surface area contributed by atoms with E-state index in [0.717, 1.165) is 0 Å². The van der Waals surface area contributed by atoms with Crippen molar-refractivity contribution in [3.63, 3.8) is 0 Å². The third-order valence-corrected chi connectivity index (χ3v) is 0. The molecule has 0 aliphatic heterocycles. The van der Waals surface area contributed by atoms with Crippen LogP contribution in [0.5, 0.6) is 0 Å². The van der Waals surface area contributed by atoms with Crippen molar-refractivity contribution in [1.29, 1.82) is 0 Å². The summed E-state index contributed by atoms with van der Waals surface area (Å²) in [5, 5.41) is 0. The van der Waals surface area contributed by atoms with Crippen LogP contribution >= 0.6 is 30.3 Å². The van der Waals surface area contributed by atoms with Gasteiger partial charge in [0, 0.05) is 0 Å². The predicted molar refractivity (Wildman–Crippen MR) is 23.3 cm³/mol. The fourth-order valence-corrected chi connectivity index (χ4v) is 0. The maximum atomic E-state index is 4.93. The van der Waals surface area contributed by atoms with Gasteiger partial charge in [0.1, 0.15) is 0 Å². The van der Waals surface area contributed by atoms with Crippen molar-refractivity contribution in [2.45, 2.75) is 0 Å². The number of halogens is 3. The Morgan fingerprint density at radius 2 is 1.00 bits per heavy atom. The van der Waals surface area contributed by atoms with Crippen LogP contribution in [0.15, 0.2) is 0 Å². The van der Waals surface area contributed by atoms with Gasteiger partial charge >= 0.3 is 41.5 Å². The second kappa shape index (κ2) is 2.62. The van der Waals surface area contributed by atoms with E-state index in [2.05, 4.69) is 0 Å². The molecule has 0 nitrogen and oxygen atoms in total. The fraction of sp³-hybridized carbons (Fsp3) is 0. The first-order valence-electron chi connectivity index (χ1n) is 0.463. The van der Waals surface area contributed by atoms with Gasteiger partial charge in [0.05, 0.1) is 0 Å². The van der Waals surface area contributed by atoms with E-state index in [1.165, 1.54) is 0 Å². The summed E-state index contributed by atoms with van der Waals surface area (Å²) in [6.07, 6.45) is 0. The van der Waals surface area contributed by atoms with Crippen molar-refractivity contribution in [3.05, 3.63) is 0 Å². The van der Waals surface area contributed by atoms with E-state index in [1.807, 2.05) is 0 Å². The summed E-state index contributed by atoms with van der Waals surface area (Å²) in [6.45, 7) is 0. The summed E-state index contributed by atoms with van der Waals surface area (Å²) in [6, 6.07) is 0. The minimum atomic E-state index is -1.62. The van der Waals surface area contributed by atoms with E-state index in [1.54, 1.807) is 0 Å². The molecule has 0 saturated heterocycles. The molecule has 0 atom stereocenters. The van der Waals surface area contributed by atoms with Crippen LogP contribution in [0.2, 0.25) is 0 Å². The molecule has 0 aliphatic carbocycles. The molecule has 0 unspecified atom stereocenters. The Morgan fingerprint density at radius 1 is 1.00 bits per heavy atom. The molecule has 0 bridgehead atoms. The SMILES string of the molecule is Cl[Se+](Cl)Cl. The van der Waals surface area contributed by atoms with Crippen LogP contribution in [-0.4, -0.2) is 11.2 Å². The molecule has 0 N–H and O–H groups in total. The van der Waals surface area contributed by atoms with Crippen LogP contribution in [0.4, 0.5) is 0 Å². The summed E-state index contributed by atoms with van der Waals surface area (Å²) < 4.78 is 0. The minimum absolute atomic E-state index is 1.62. The summed E-state index contributed by atoms with van der Waals surface area (Å²) in [5.74, 6) is 0. The first-order chi connectivity index (χ1) is 1.73. The van der Waals surface area contributed by atoms with Gasteiger partial charge in [0.2, 0.25) is 0 Å². The number of rotatable bonds is 0. The van der Waals surface area contributed by atoms with E-state index < -0.39 is 11.2 Å². The quantitative estimate of drug-likeness (QED) is 0.504. The molecule has 0 aromatic carbocycles. The second-order valence-corrected chi connectivity index (χ2v) is 8.18. The van der Waals surface area contributed by atoms with Crippen LogP contribution in [0.3, 0.4) is 0 Å². The molecule has 0 aromatic heterocycles. The molecule has 0 radical (unpaired) electrons. The fourth-order valence-electron chi connectivity index (χ4n) is 0. The van der Waals surface area contributed by atoms with E-state index in [-0.39, 0.29) is 0 Å². The normalized spacial score (nSPS) is 9.00. The van der Waals surface area contributed by atoms with E-state index in [9.17, 15) is 0 Å². The monoisotopic (exact) mass is 185 g/mol. The van der Waals surface area contributed by atoms with Crippen molar-refractivity contribution < 1.29 is 0 Å². The average molecular weight is 185 g/mol. The first-order valence-corrected chi connectivity index (χ1v) is 7.22. The molecule has 0 spiro atoms. The van der Waals surface area contributed by atoms with E-state index in [0.29, 0.717) is 0 Å². The summed E-state index contributed by atoms with van der Waals surface area (Å²) in [5.41, 5.74) is 0. The zero-order valence-electron chi connectivity index (χ0n) is 1.54. The number of hydrogen-bond donors (Lipinski definition) is 0. The van der Waals surface area contributed by atoms with Gasteiger partial charge in [-0.05, 0) is 0 Å². The molecular formula is Cl3Se+. The predicted octanol–water partition coefficient (Wildman–Crippen LogP) is 1.69. The van der Waals surface area contributed by atoms with Crippen LogP contribution in [0.25, 0.3) is 0 Å². The second-order valence-electron chi connectivity index (χ2n) is 0.175. The third kappa shape index (κ3) is 10.0. The molecular weight excluding hydrogens is 185 g/mol. The Bertz CT molecular complexity index is 8.00. The Kier molecular flexibility index (Phi) is 3.53. The molecule has 26 valence electrons. The molecule has 0 heterocycles. The van der Waals surface area contributed by atoms with Crippen LogP contribution in [0, 0.1) is 0 Å². The summed E-state index contributed by atoms with van der Waals surface area (Å²) in [7, 11) is 14.8. The van der Waals surface area contributed by atoms with Gasteiger partial charge in [-0.25, -0.2) is 0 Å². The van der Waals surface area contributed by atoms with Gasteiger partial charge in [-0.15, -0.1) is 0 Å². The van der Waals surface area contributed by atoms with Crippen molar-refractivity contribution in [1.82, 2.24) is 0 Å². The summed E-state index contributed by atoms with van der Waals surface area (Å²) >= 11 is -1.62. The van der Waals surface area contributed by atoms with Crippen molar-refractivity contribution in [3.8, 4) is 0 Å². The standard InChI is InChI=1S/Cl3Se/c1-4(2)3/q+1. The molecule has 0 fully saturated rings. The zero-order valence-corrected chi connectivity index (χ0v) is 5.52. The van der Waals surface area contributed by atoms with Gasteiger partial charge in [-0.2, -0.15) is 0 Å². The van der Waals surface area contributed by atoms with Gasteiger partial charge in [-0.1, -0.05) is 0 Å². The van der Waals surface area contributed by atoms with Gasteiger partial charge < -0.3 is 0 Å². The van der Waals surface area contributed by atoms with Crippen LogP contribution in [-0.2, 0) is 0 Å².